The molecular weight excluding hydrogens is 172 g/mol. The SMILES string of the molecule is c1cncc(C2(CNC3CC3)CC2)c1. The molecule has 0 aliphatic heterocycles. The van der Waals surface area contributed by atoms with Crippen molar-refractivity contribution >= 4 is 0 Å². The van der Waals surface area contributed by atoms with E-state index in [-0.39, 0.29) is 0 Å². The van der Waals surface area contributed by atoms with Crippen LogP contribution in [0.2, 0.25) is 0 Å². The lowest BCUT2D eigenvalue weighted by Crippen LogP contribution is -2.28. The number of aromatic nitrogens is 1. The van der Waals surface area contributed by atoms with E-state index in [0.717, 1.165) is 12.6 Å². The summed E-state index contributed by atoms with van der Waals surface area (Å²) in [6, 6.07) is 5.09. The largest absolute Gasteiger partial charge is 0.313 e. The summed E-state index contributed by atoms with van der Waals surface area (Å²) in [5, 5.41) is 3.63. The van der Waals surface area contributed by atoms with Crippen LogP contribution < -0.4 is 5.32 Å². The first-order chi connectivity index (χ1) is 6.89. The predicted octanol–water partition coefficient (Wildman–Crippen LogP) is 1.87. The number of rotatable bonds is 4. The smallest absolute Gasteiger partial charge is 0.0306 e. The first-order valence-electron chi connectivity index (χ1n) is 5.53. The van der Waals surface area contributed by atoms with Crippen molar-refractivity contribution in [2.24, 2.45) is 0 Å². The molecule has 1 heterocycles. The van der Waals surface area contributed by atoms with E-state index in [1.807, 2.05) is 18.5 Å². The van der Waals surface area contributed by atoms with Gasteiger partial charge in [-0.05, 0) is 37.3 Å². The molecule has 0 aromatic carbocycles. The number of hydrogen-bond acceptors (Lipinski definition) is 2. The van der Waals surface area contributed by atoms with Gasteiger partial charge in [-0.25, -0.2) is 0 Å². The normalized spacial score (nSPS) is 23.4. The summed E-state index contributed by atoms with van der Waals surface area (Å²) in [5.41, 5.74) is 1.87. The van der Waals surface area contributed by atoms with Crippen molar-refractivity contribution in [2.45, 2.75) is 37.1 Å². The standard InChI is InChI=1S/C12H16N2/c1-2-10(8-13-7-1)12(5-6-12)9-14-11-3-4-11/h1-2,7-8,11,14H,3-6,9H2. The van der Waals surface area contributed by atoms with Gasteiger partial charge in [0, 0.05) is 30.4 Å². The van der Waals surface area contributed by atoms with Crippen LogP contribution in [0.15, 0.2) is 24.5 Å². The highest BCUT2D eigenvalue weighted by atomic mass is 15.0. The topological polar surface area (TPSA) is 24.9 Å². The molecular formula is C12H16N2. The second-order valence-corrected chi connectivity index (χ2v) is 4.68. The minimum atomic E-state index is 0.441. The average Bonchev–Trinajstić information content (AvgIpc) is 3.12. The molecule has 0 amide bonds. The van der Waals surface area contributed by atoms with E-state index in [1.165, 1.54) is 31.2 Å². The maximum Gasteiger partial charge on any atom is 0.0306 e. The molecule has 1 aromatic heterocycles. The third-order valence-electron chi connectivity index (χ3n) is 3.43. The molecule has 0 unspecified atom stereocenters. The van der Waals surface area contributed by atoms with Crippen LogP contribution in [0.1, 0.15) is 31.2 Å². The van der Waals surface area contributed by atoms with Crippen LogP contribution in [-0.2, 0) is 5.41 Å². The van der Waals surface area contributed by atoms with E-state index >= 15 is 0 Å². The Kier molecular flexibility index (Phi) is 1.84. The van der Waals surface area contributed by atoms with E-state index < -0.39 is 0 Å². The van der Waals surface area contributed by atoms with Gasteiger partial charge in [0.25, 0.3) is 0 Å². The van der Waals surface area contributed by atoms with Gasteiger partial charge >= 0.3 is 0 Å². The number of hydrogen-bond donors (Lipinski definition) is 1. The summed E-state index contributed by atoms with van der Waals surface area (Å²) >= 11 is 0. The Balaban J connectivity index is 1.69. The fourth-order valence-electron chi connectivity index (χ4n) is 2.02. The molecule has 0 bridgehead atoms. The van der Waals surface area contributed by atoms with Gasteiger partial charge in [0.1, 0.15) is 0 Å². The predicted molar refractivity (Wildman–Crippen MR) is 56.2 cm³/mol. The van der Waals surface area contributed by atoms with Crippen molar-refractivity contribution in [2.75, 3.05) is 6.54 Å². The minimum Gasteiger partial charge on any atom is -0.313 e. The maximum atomic E-state index is 4.21. The summed E-state index contributed by atoms with van der Waals surface area (Å²) in [6.07, 6.45) is 9.30. The van der Waals surface area contributed by atoms with Gasteiger partial charge in [-0.1, -0.05) is 6.07 Å². The molecule has 0 spiro atoms. The zero-order valence-corrected chi connectivity index (χ0v) is 8.37. The molecule has 2 nitrogen and oxygen atoms in total. The Hall–Kier alpha value is -0.890. The van der Waals surface area contributed by atoms with Crippen molar-refractivity contribution < 1.29 is 0 Å². The summed E-state index contributed by atoms with van der Waals surface area (Å²) in [7, 11) is 0. The van der Waals surface area contributed by atoms with Gasteiger partial charge in [-0.2, -0.15) is 0 Å². The van der Waals surface area contributed by atoms with Crippen molar-refractivity contribution in [3.8, 4) is 0 Å². The summed E-state index contributed by atoms with van der Waals surface area (Å²) in [4.78, 5) is 4.21. The number of nitrogens with zero attached hydrogens (tertiary/aromatic N) is 1. The minimum absolute atomic E-state index is 0.441. The van der Waals surface area contributed by atoms with E-state index in [1.54, 1.807) is 0 Å². The van der Waals surface area contributed by atoms with Gasteiger partial charge in [-0.15, -0.1) is 0 Å². The summed E-state index contributed by atoms with van der Waals surface area (Å²) < 4.78 is 0. The van der Waals surface area contributed by atoms with Crippen molar-refractivity contribution in [1.82, 2.24) is 10.3 Å². The van der Waals surface area contributed by atoms with Gasteiger partial charge in [0.2, 0.25) is 0 Å². The van der Waals surface area contributed by atoms with Crippen LogP contribution in [0, 0.1) is 0 Å². The van der Waals surface area contributed by atoms with Crippen LogP contribution >= 0.6 is 0 Å². The van der Waals surface area contributed by atoms with Gasteiger partial charge in [0.15, 0.2) is 0 Å². The zero-order valence-electron chi connectivity index (χ0n) is 8.37. The molecule has 74 valence electrons. The lowest BCUT2D eigenvalue weighted by Gasteiger charge is -2.15. The van der Waals surface area contributed by atoms with Crippen LogP contribution in [0.25, 0.3) is 0 Å². The van der Waals surface area contributed by atoms with Crippen LogP contribution in [0.5, 0.6) is 0 Å². The third kappa shape index (κ3) is 1.55. The van der Waals surface area contributed by atoms with E-state index in [4.69, 9.17) is 0 Å². The molecule has 1 aromatic rings. The van der Waals surface area contributed by atoms with Gasteiger partial charge < -0.3 is 5.32 Å². The van der Waals surface area contributed by atoms with Crippen LogP contribution in [0.3, 0.4) is 0 Å². The molecule has 2 aliphatic carbocycles. The number of pyridine rings is 1. The Morgan fingerprint density at radius 1 is 1.43 bits per heavy atom. The van der Waals surface area contributed by atoms with Crippen molar-refractivity contribution in [3.63, 3.8) is 0 Å². The second-order valence-electron chi connectivity index (χ2n) is 4.68. The fraction of sp³-hybridized carbons (Fsp3) is 0.583. The molecule has 0 radical (unpaired) electrons. The quantitative estimate of drug-likeness (QED) is 0.780. The number of nitrogens with one attached hydrogen (secondary N) is 1. The molecule has 14 heavy (non-hydrogen) atoms. The second kappa shape index (κ2) is 3.06. The van der Waals surface area contributed by atoms with Crippen molar-refractivity contribution in [3.05, 3.63) is 30.1 Å². The van der Waals surface area contributed by atoms with Gasteiger partial charge in [0.05, 0.1) is 0 Å². The monoisotopic (exact) mass is 188 g/mol. The van der Waals surface area contributed by atoms with Crippen LogP contribution in [0.4, 0.5) is 0 Å². The highest BCUT2D eigenvalue weighted by Crippen LogP contribution is 2.47. The Labute approximate surface area is 84.7 Å². The molecule has 0 saturated heterocycles. The molecule has 1 N–H and O–H groups in total. The van der Waals surface area contributed by atoms with Crippen molar-refractivity contribution in [1.29, 1.82) is 0 Å². The molecule has 2 saturated carbocycles. The van der Waals surface area contributed by atoms with Crippen LogP contribution in [-0.4, -0.2) is 17.6 Å². The Bertz CT molecular complexity index is 312. The van der Waals surface area contributed by atoms with E-state index in [2.05, 4.69) is 16.4 Å². The lowest BCUT2D eigenvalue weighted by molar-refractivity contribution is 0.570. The third-order valence-corrected chi connectivity index (χ3v) is 3.43. The Morgan fingerprint density at radius 3 is 2.86 bits per heavy atom. The first-order valence-corrected chi connectivity index (χ1v) is 5.53. The molecule has 0 atom stereocenters. The molecule has 2 aliphatic rings. The zero-order chi connectivity index (χ0) is 9.43. The average molecular weight is 188 g/mol. The summed E-state index contributed by atoms with van der Waals surface area (Å²) in [5.74, 6) is 0. The van der Waals surface area contributed by atoms with Gasteiger partial charge in [-0.3, -0.25) is 4.98 Å². The van der Waals surface area contributed by atoms with E-state index in [0.29, 0.717) is 5.41 Å². The summed E-state index contributed by atoms with van der Waals surface area (Å²) in [6.45, 7) is 1.16. The first kappa shape index (κ1) is 8.42. The molecule has 2 heteroatoms. The maximum absolute atomic E-state index is 4.21. The lowest BCUT2D eigenvalue weighted by atomic mass is 9.98. The highest BCUT2D eigenvalue weighted by Gasteiger charge is 2.44. The molecule has 3 rings (SSSR count). The highest BCUT2D eigenvalue weighted by molar-refractivity contribution is 5.29. The Morgan fingerprint density at radius 2 is 2.29 bits per heavy atom. The fourth-order valence-corrected chi connectivity index (χ4v) is 2.02. The van der Waals surface area contributed by atoms with E-state index in [9.17, 15) is 0 Å². The molecule has 2 fully saturated rings.